The van der Waals surface area contributed by atoms with Crippen LogP contribution in [0.25, 0.3) is 0 Å². The molecule has 0 aliphatic heterocycles. The molecule has 0 fully saturated rings. The molecule has 2 aromatic carbocycles. The van der Waals surface area contributed by atoms with E-state index in [1.54, 1.807) is 13.8 Å². The lowest BCUT2D eigenvalue weighted by molar-refractivity contribution is -0.144. The van der Waals surface area contributed by atoms with Crippen molar-refractivity contribution in [2.75, 3.05) is 0 Å². The second-order valence-electron chi connectivity index (χ2n) is 8.72. The van der Waals surface area contributed by atoms with Crippen molar-refractivity contribution in [2.45, 2.75) is 51.5 Å². The molecule has 0 aliphatic carbocycles. The minimum absolute atomic E-state index is 0.0295. The Kier molecular flexibility index (Phi) is 10.2. The van der Waals surface area contributed by atoms with Gasteiger partial charge in [0.1, 0.15) is 6.04 Å². The summed E-state index contributed by atoms with van der Waals surface area (Å²) in [6, 6.07) is 3.17. The third-order valence-corrected chi connectivity index (χ3v) is 5.74. The molecule has 38 heavy (non-hydrogen) atoms. The first-order chi connectivity index (χ1) is 17.4. The van der Waals surface area contributed by atoms with Crippen LogP contribution >= 0.6 is 23.2 Å². The smallest absolute Gasteiger partial charge is 0.416 e. The number of nitrogens with zero attached hydrogens (tertiary/aromatic N) is 1. The number of imide groups is 1. The minimum atomic E-state index is -5.08. The van der Waals surface area contributed by atoms with Gasteiger partial charge in [-0.2, -0.15) is 26.3 Å². The Bertz CT molecular complexity index is 1170. The summed E-state index contributed by atoms with van der Waals surface area (Å²) in [5, 5.41) is 9.82. The number of amides is 2. The van der Waals surface area contributed by atoms with Crippen LogP contribution < -0.4 is 5.43 Å². The summed E-state index contributed by atoms with van der Waals surface area (Å²) in [5.41, 5.74) is -1.56. The fraction of sp³-hybridized carbons (Fsp3) is 0.375. The van der Waals surface area contributed by atoms with Gasteiger partial charge in [0.2, 0.25) is 5.91 Å². The van der Waals surface area contributed by atoms with Gasteiger partial charge in [0.05, 0.1) is 21.7 Å². The number of carboxylic acids is 1. The van der Waals surface area contributed by atoms with Gasteiger partial charge < -0.3 is 5.11 Å². The number of hydrazine groups is 1. The highest BCUT2D eigenvalue weighted by Gasteiger charge is 2.37. The summed E-state index contributed by atoms with van der Waals surface area (Å²) in [4.78, 5) is 38.0. The quantitative estimate of drug-likeness (QED) is 0.254. The number of hydrogen-bond acceptors (Lipinski definition) is 4. The predicted molar refractivity (Wildman–Crippen MR) is 126 cm³/mol. The van der Waals surface area contributed by atoms with E-state index in [4.69, 9.17) is 23.2 Å². The molecule has 208 valence electrons. The molecule has 0 aliphatic rings. The second kappa shape index (κ2) is 12.4. The number of alkyl halides is 6. The van der Waals surface area contributed by atoms with Gasteiger partial charge in [0, 0.05) is 11.4 Å². The topological polar surface area (TPSA) is 86.7 Å². The van der Waals surface area contributed by atoms with Crippen molar-refractivity contribution in [3.8, 4) is 0 Å². The molecule has 0 heterocycles. The van der Waals surface area contributed by atoms with Gasteiger partial charge in [-0.3, -0.25) is 14.4 Å². The zero-order valence-electron chi connectivity index (χ0n) is 19.9. The van der Waals surface area contributed by atoms with Crippen LogP contribution in [0.2, 0.25) is 10.0 Å². The molecular weight excluding hydrogens is 565 g/mol. The third-order valence-electron chi connectivity index (χ3n) is 5.18. The van der Waals surface area contributed by atoms with Gasteiger partial charge in [-0.25, -0.2) is 10.4 Å². The number of carboxylic acid groups (broad SMARTS) is 1. The van der Waals surface area contributed by atoms with E-state index >= 15 is 0 Å². The summed E-state index contributed by atoms with van der Waals surface area (Å²) in [6.45, 7) is 3.37. The van der Waals surface area contributed by atoms with Crippen molar-refractivity contribution in [2.24, 2.45) is 5.92 Å². The summed E-state index contributed by atoms with van der Waals surface area (Å²) >= 11 is 11.9. The van der Waals surface area contributed by atoms with Crippen molar-refractivity contribution in [1.82, 2.24) is 10.4 Å². The second-order valence-corrected chi connectivity index (χ2v) is 9.57. The van der Waals surface area contributed by atoms with E-state index in [1.807, 2.05) is 0 Å². The van der Waals surface area contributed by atoms with Gasteiger partial charge >= 0.3 is 18.3 Å². The van der Waals surface area contributed by atoms with Crippen molar-refractivity contribution in [3.63, 3.8) is 0 Å². The van der Waals surface area contributed by atoms with Crippen LogP contribution in [0.15, 0.2) is 36.4 Å². The first kappa shape index (κ1) is 31.4. The molecule has 0 bridgehead atoms. The molecule has 0 saturated carbocycles. The Morgan fingerprint density at radius 2 is 1.50 bits per heavy atom. The highest BCUT2D eigenvalue weighted by molar-refractivity contribution is 6.36. The molecule has 2 rings (SSSR count). The lowest BCUT2D eigenvalue weighted by atomic mass is 10.0. The number of halogens is 8. The van der Waals surface area contributed by atoms with Gasteiger partial charge in [0.25, 0.3) is 5.91 Å². The first-order valence-electron chi connectivity index (χ1n) is 11.0. The highest BCUT2D eigenvalue weighted by atomic mass is 35.5. The SMILES string of the molecule is CC(C)C[C@H](NN(C(=O)CCc1cc(C(F)(F)F)cc(C(F)(F)F)c1)C(=O)c1cc(Cl)ccc1Cl)C(=O)O. The summed E-state index contributed by atoms with van der Waals surface area (Å²) in [5.74, 6) is -3.84. The Hall–Kier alpha value is -2.83. The van der Waals surface area contributed by atoms with Crippen molar-refractivity contribution >= 4 is 41.0 Å². The number of carbonyl (C=O) groups is 3. The predicted octanol–water partition coefficient (Wildman–Crippen LogP) is 6.64. The third kappa shape index (κ3) is 8.60. The Morgan fingerprint density at radius 1 is 0.947 bits per heavy atom. The maximum absolute atomic E-state index is 13.2. The van der Waals surface area contributed by atoms with Gasteiger partial charge in [-0.1, -0.05) is 37.0 Å². The van der Waals surface area contributed by atoms with Crippen LogP contribution in [0.1, 0.15) is 53.7 Å². The summed E-state index contributed by atoms with van der Waals surface area (Å²) in [6.07, 6.45) is -11.6. The number of rotatable bonds is 9. The number of carbonyl (C=O) groups excluding carboxylic acids is 2. The number of hydrogen-bond donors (Lipinski definition) is 2. The molecule has 0 unspecified atom stereocenters. The fourth-order valence-corrected chi connectivity index (χ4v) is 3.76. The van der Waals surface area contributed by atoms with Crippen LogP contribution in [-0.2, 0) is 28.4 Å². The average molecular weight is 587 g/mol. The molecular formula is C24H22Cl2F6N2O4. The maximum Gasteiger partial charge on any atom is 0.416 e. The van der Waals surface area contributed by atoms with Crippen LogP contribution in [-0.4, -0.2) is 33.9 Å². The lowest BCUT2D eigenvalue weighted by Crippen LogP contribution is -2.54. The van der Waals surface area contributed by atoms with Crippen molar-refractivity contribution in [1.29, 1.82) is 0 Å². The van der Waals surface area contributed by atoms with Gasteiger partial charge in [-0.15, -0.1) is 0 Å². The monoisotopic (exact) mass is 586 g/mol. The average Bonchev–Trinajstić information content (AvgIpc) is 2.79. The molecule has 2 N–H and O–H groups in total. The molecule has 0 saturated heterocycles. The van der Waals surface area contributed by atoms with Crippen LogP contribution in [0.3, 0.4) is 0 Å². The first-order valence-corrected chi connectivity index (χ1v) is 11.8. The number of aliphatic carboxylic acids is 1. The Labute approximate surface area is 223 Å². The standard InChI is InChI=1S/C24H22Cl2F6N2O4/c1-12(2)7-19(22(37)38)33-34(21(36)17-11-16(25)4-5-18(17)26)20(35)6-3-13-8-14(23(27,28)29)10-15(9-13)24(30,31)32/h4-5,8-12,19,33H,3,6-7H2,1-2H3,(H,37,38)/t19-/m0/s1. The van der Waals surface area contributed by atoms with E-state index in [-0.39, 0.29) is 34.0 Å². The normalized spacial score (nSPS) is 12.9. The molecule has 0 aromatic heterocycles. The van der Waals surface area contributed by atoms with Crippen LogP contribution in [0.4, 0.5) is 26.3 Å². The lowest BCUT2D eigenvalue weighted by Gasteiger charge is -2.27. The fourth-order valence-electron chi connectivity index (χ4n) is 3.39. The zero-order valence-corrected chi connectivity index (χ0v) is 21.4. The van der Waals surface area contributed by atoms with Crippen molar-refractivity contribution in [3.05, 3.63) is 68.7 Å². The minimum Gasteiger partial charge on any atom is -0.480 e. The molecule has 2 aromatic rings. The number of benzene rings is 2. The van der Waals surface area contributed by atoms with E-state index in [2.05, 4.69) is 5.43 Å². The van der Waals surface area contributed by atoms with E-state index < -0.39 is 65.7 Å². The maximum atomic E-state index is 13.2. The van der Waals surface area contributed by atoms with Gasteiger partial charge in [-0.05, 0) is 60.7 Å². The molecule has 1 atom stereocenters. The van der Waals surface area contributed by atoms with Crippen molar-refractivity contribution < 1.29 is 45.8 Å². The number of nitrogens with one attached hydrogen (secondary N) is 1. The van der Waals surface area contributed by atoms with Crippen LogP contribution in [0.5, 0.6) is 0 Å². The summed E-state index contributed by atoms with van der Waals surface area (Å²) < 4.78 is 79.0. The van der Waals surface area contributed by atoms with E-state index in [0.717, 1.165) is 6.07 Å². The molecule has 0 spiro atoms. The van der Waals surface area contributed by atoms with E-state index in [1.165, 1.54) is 12.1 Å². The molecule has 0 radical (unpaired) electrons. The summed E-state index contributed by atoms with van der Waals surface area (Å²) in [7, 11) is 0. The Balaban J connectivity index is 2.43. The highest BCUT2D eigenvalue weighted by Crippen LogP contribution is 2.36. The molecule has 14 heteroatoms. The van der Waals surface area contributed by atoms with E-state index in [0.29, 0.717) is 17.1 Å². The largest absolute Gasteiger partial charge is 0.480 e. The molecule has 6 nitrogen and oxygen atoms in total. The zero-order chi connectivity index (χ0) is 29.0. The molecule has 2 amide bonds. The van der Waals surface area contributed by atoms with E-state index in [9.17, 15) is 45.8 Å². The van der Waals surface area contributed by atoms with Gasteiger partial charge in [0.15, 0.2) is 0 Å². The van der Waals surface area contributed by atoms with Crippen LogP contribution in [0, 0.1) is 5.92 Å². The Morgan fingerprint density at radius 3 is 1.97 bits per heavy atom. The number of aryl methyl sites for hydroxylation is 1.